The Morgan fingerprint density at radius 2 is 2.21 bits per heavy atom. The van der Waals surface area contributed by atoms with Crippen molar-refractivity contribution in [2.45, 2.75) is 13.0 Å². The summed E-state index contributed by atoms with van der Waals surface area (Å²) in [5.74, 6) is 0.261. The van der Waals surface area contributed by atoms with Crippen LogP contribution in [0.3, 0.4) is 0 Å². The maximum absolute atomic E-state index is 10.2. The molecule has 0 amide bonds. The molecule has 0 aromatic carbocycles. The number of rotatable bonds is 4. The lowest BCUT2D eigenvalue weighted by atomic mass is 10.4. The number of hydrogen-bond donors (Lipinski definition) is 2. The molecule has 14 heavy (non-hydrogen) atoms. The molecule has 0 aliphatic carbocycles. The summed E-state index contributed by atoms with van der Waals surface area (Å²) in [4.78, 5) is 17.1. The molecule has 1 rings (SSSR count). The minimum absolute atomic E-state index is 0.160. The van der Waals surface area contributed by atoms with Gasteiger partial charge in [-0.15, -0.1) is 0 Å². The van der Waals surface area contributed by atoms with Gasteiger partial charge in [-0.05, 0) is 6.92 Å². The SMILES string of the molecule is C[C@@H](O)CNc1ncc([N+](=O)[O-])cn1. The van der Waals surface area contributed by atoms with Crippen LogP contribution in [0.15, 0.2) is 12.4 Å². The highest BCUT2D eigenvalue weighted by molar-refractivity contribution is 5.30. The second kappa shape index (κ2) is 4.47. The van der Waals surface area contributed by atoms with E-state index in [1.54, 1.807) is 6.92 Å². The van der Waals surface area contributed by atoms with Crippen molar-refractivity contribution in [2.75, 3.05) is 11.9 Å². The van der Waals surface area contributed by atoms with E-state index >= 15 is 0 Å². The van der Waals surface area contributed by atoms with Crippen molar-refractivity contribution in [3.63, 3.8) is 0 Å². The second-order valence-electron chi connectivity index (χ2n) is 2.75. The van der Waals surface area contributed by atoms with Crippen LogP contribution < -0.4 is 5.32 Å². The maximum Gasteiger partial charge on any atom is 0.305 e. The van der Waals surface area contributed by atoms with Crippen LogP contribution in [0, 0.1) is 10.1 Å². The Balaban J connectivity index is 2.60. The van der Waals surface area contributed by atoms with Gasteiger partial charge in [0.2, 0.25) is 5.95 Å². The van der Waals surface area contributed by atoms with Gasteiger partial charge in [0.1, 0.15) is 12.4 Å². The normalized spacial score (nSPS) is 12.1. The first kappa shape index (κ1) is 10.3. The zero-order chi connectivity index (χ0) is 10.6. The van der Waals surface area contributed by atoms with Crippen LogP contribution in [0.25, 0.3) is 0 Å². The van der Waals surface area contributed by atoms with Gasteiger partial charge in [-0.2, -0.15) is 0 Å². The molecule has 0 spiro atoms. The molecule has 0 unspecified atom stereocenters. The van der Waals surface area contributed by atoms with E-state index in [9.17, 15) is 10.1 Å². The fraction of sp³-hybridized carbons (Fsp3) is 0.429. The van der Waals surface area contributed by atoms with E-state index in [0.717, 1.165) is 12.4 Å². The van der Waals surface area contributed by atoms with Crippen molar-refractivity contribution in [2.24, 2.45) is 0 Å². The Morgan fingerprint density at radius 1 is 1.64 bits per heavy atom. The zero-order valence-electron chi connectivity index (χ0n) is 7.54. The average molecular weight is 198 g/mol. The summed E-state index contributed by atoms with van der Waals surface area (Å²) < 4.78 is 0. The van der Waals surface area contributed by atoms with Crippen LogP contribution >= 0.6 is 0 Å². The molecule has 0 bridgehead atoms. The van der Waals surface area contributed by atoms with Gasteiger partial charge < -0.3 is 10.4 Å². The van der Waals surface area contributed by atoms with Gasteiger partial charge in [-0.1, -0.05) is 0 Å². The summed E-state index contributed by atoms with van der Waals surface area (Å²) in [5, 5.41) is 21.9. The first-order chi connectivity index (χ1) is 6.59. The van der Waals surface area contributed by atoms with Crippen LogP contribution in [0.2, 0.25) is 0 Å². The standard InChI is InChI=1S/C7H10N4O3/c1-5(12)2-8-7-9-3-6(4-10-7)11(13)14/h3-5,12H,2H2,1H3,(H,8,9,10)/t5-/m1/s1. The molecule has 1 aromatic heterocycles. The van der Waals surface area contributed by atoms with E-state index in [0.29, 0.717) is 6.54 Å². The Labute approximate surface area is 80.0 Å². The lowest BCUT2D eigenvalue weighted by Gasteiger charge is -2.05. The molecule has 0 aliphatic heterocycles. The predicted octanol–water partition coefficient (Wildman–Crippen LogP) is 0.177. The number of nitro groups is 1. The summed E-state index contributed by atoms with van der Waals surface area (Å²) >= 11 is 0. The molecule has 0 saturated heterocycles. The van der Waals surface area contributed by atoms with Crippen LogP contribution in [-0.2, 0) is 0 Å². The van der Waals surface area contributed by atoms with E-state index < -0.39 is 11.0 Å². The van der Waals surface area contributed by atoms with Crippen molar-refractivity contribution >= 4 is 11.6 Å². The minimum Gasteiger partial charge on any atom is -0.392 e. The van der Waals surface area contributed by atoms with Crippen LogP contribution in [0.1, 0.15) is 6.92 Å². The molecule has 0 radical (unpaired) electrons. The van der Waals surface area contributed by atoms with Gasteiger partial charge in [0, 0.05) is 6.54 Å². The Morgan fingerprint density at radius 3 is 2.64 bits per heavy atom. The molecule has 1 heterocycles. The zero-order valence-corrected chi connectivity index (χ0v) is 7.54. The van der Waals surface area contributed by atoms with Crippen LogP contribution in [0.5, 0.6) is 0 Å². The summed E-state index contributed by atoms with van der Waals surface area (Å²) in [7, 11) is 0. The molecule has 1 atom stereocenters. The van der Waals surface area contributed by atoms with Gasteiger partial charge in [0.05, 0.1) is 11.0 Å². The Bertz CT molecular complexity index is 311. The molecule has 0 saturated carbocycles. The fourth-order valence-electron chi connectivity index (χ4n) is 0.746. The fourth-order valence-corrected chi connectivity index (χ4v) is 0.746. The highest BCUT2D eigenvalue weighted by Gasteiger charge is 2.06. The molecule has 7 nitrogen and oxygen atoms in total. The van der Waals surface area contributed by atoms with Crippen LogP contribution in [0.4, 0.5) is 11.6 Å². The highest BCUT2D eigenvalue weighted by Crippen LogP contribution is 2.07. The van der Waals surface area contributed by atoms with E-state index in [4.69, 9.17) is 5.11 Å². The van der Waals surface area contributed by atoms with Crippen molar-refractivity contribution in [1.29, 1.82) is 0 Å². The van der Waals surface area contributed by atoms with Crippen molar-refractivity contribution < 1.29 is 10.0 Å². The molecule has 1 aromatic rings. The minimum atomic E-state index is -0.571. The summed E-state index contributed by atoms with van der Waals surface area (Å²) in [6.07, 6.45) is 1.70. The number of nitrogens with zero attached hydrogens (tertiary/aromatic N) is 3. The molecule has 2 N–H and O–H groups in total. The lowest BCUT2D eigenvalue weighted by molar-refractivity contribution is -0.385. The molecule has 0 aliphatic rings. The monoisotopic (exact) mass is 198 g/mol. The lowest BCUT2D eigenvalue weighted by Crippen LogP contribution is -2.16. The van der Waals surface area contributed by atoms with Gasteiger partial charge >= 0.3 is 5.69 Å². The number of aromatic nitrogens is 2. The van der Waals surface area contributed by atoms with Gasteiger partial charge in [0.25, 0.3) is 0 Å². The number of aliphatic hydroxyl groups excluding tert-OH is 1. The van der Waals surface area contributed by atoms with E-state index in [-0.39, 0.29) is 11.6 Å². The van der Waals surface area contributed by atoms with Crippen molar-refractivity contribution in [3.05, 3.63) is 22.5 Å². The van der Waals surface area contributed by atoms with Crippen LogP contribution in [-0.4, -0.2) is 32.6 Å². The predicted molar refractivity (Wildman–Crippen MR) is 48.9 cm³/mol. The highest BCUT2D eigenvalue weighted by atomic mass is 16.6. The van der Waals surface area contributed by atoms with Gasteiger partial charge in [-0.3, -0.25) is 10.1 Å². The smallest absolute Gasteiger partial charge is 0.305 e. The van der Waals surface area contributed by atoms with Gasteiger partial charge in [0.15, 0.2) is 0 Å². The quantitative estimate of drug-likeness (QED) is 0.528. The van der Waals surface area contributed by atoms with E-state index in [2.05, 4.69) is 15.3 Å². The third kappa shape index (κ3) is 2.94. The van der Waals surface area contributed by atoms with E-state index in [1.165, 1.54) is 0 Å². The number of nitrogens with one attached hydrogen (secondary N) is 1. The number of hydrogen-bond acceptors (Lipinski definition) is 6. The Hall–Kier alpha value is -1.76. The molecule has 7 heteroatoms. The molecular weight excluding hydrogens is 188 g/mol. The van der Waals surface area contributed by atoms with Gasteiger partial charge in [-0.25, -0.2) is 9.97 Å². The Kier molecular flexibility index (Phi) is 3.29. The van der Waals surface area contributed by atoms with E-state index in [1.807, 2.05) is 0 Å². The average Bonchev–Trinajstić information content (AvgIpc) is 2.15. The molecule has 0 fully saturated rings. The molecule has 76 valence electrons. The van der Waals surface area contributed by atoms with Crippen molar-refractivity contribution in [3.8, 4) is 0 Å². The summed E-state index contributed by atoms with van der Waals surface area (Å²) in [5.41, 5.74) is -0.160. The largest absolute Gasteiger partial charge is 0.392 e. The third-order valence-electron chi connectivity index (χ3n) is 1.40. The van der Waals surface area contributed by atoms with Crippen molar-refractivity contribution in [1.82, 2.24) is 9.97 Å². The first-order valence-electron chi connectivity index (χ1n) is 3.98. The number of anilines is 1. The first-order valence-corrected chi connectivity index (χ1v) is 3.98. The second-order valence-corrected chi connectivity index (χ2v) is 2.75. The molecular formula is C7H10N4O3. The maximum atomic E-state index is 10.2. The number of aliphatic hydroxyl groups is 1. The summed E-state index contributed by atoms with van der Waals surface area (Å²) in [6.45, 7) is 1.91. The topological polar surface area (TPSA) is 101 Å². The summed E-state index contributed by atoms with van der Waals surface area (Å²) in [6, 6.07) is 0. The third-order valence-corrected chi connectivity index (χ3v) is 1.40.